The predicted molar refractivity (Wildman–Crippen MR) is 86.7 cm³/mol. The fraction of sp³-hybridized carbons (Fsp3) is 0.529. The molecule has 7 heteroatoms. The number of hydrogen-bond donors (Lipinski definition) is 1. The molecule has 24 heavy (non-hydrogen) atoms. The Balaban J connectivity index is 1.77. The van der Waals surface area contributed by atoms with Crippen LogP contribution in [-0.4, -0.2) is 39.8 Å². The van der Waals surface area contributed by atoms with Crippen molar-refractivity contribution in [3.63, 3.8) is 0 Å². The molecule has 0 atom stereocenters. The third kappa shape index (κ3) is 2.74. The molecule has 0 unspecified atom stereocenters. The molecule has 2 aromatic heterocycles. The van der Waals surface area contributed by atoms with Gasteiger partial charge in [-0.1, -0.05) is 0 Å². The van der Waals surface area contributed by atoms with E-state index < -0.39 is 5.97 Å². The lowest BCUT2D eigenvalue weighted by molar-refractivity contribution is -0.121. The van der Waals surface area contributed by atoms with Gasteiger partial charge in [-0.25, -0.2) is 14.5 Å². The van der Waals surface area contributed by atoms with Crippen molar-refractivity contribution in [3.05, 3.63) is 23.0 Å². The number of nitrogens with one attached hydrogen (secondary N) is 1. The number of pyridine rings is 1. The number of carbonyl (C=O) groups excluding carboxylic acids is 2. The van der Waals surface area contributed by atoms with E-state index in [2.05, 4.69) is 10.4 Å². The molecule has 2 aromatic rings. The van der Waals surface area contributed by atoms with Gasteiger partial charge < -0.3 is 10.1 Å². The van der Waals surface area contributed by atoms with Gasteiger partial charge in [-0.3, -0.25) is 4.79 Å². The minimum Gasteiger partial charge on any atom is -0.465 e. The second-order valence-corrected chi connectivity index (χ2v) is 6.64. The molecule has 1 amide bonds. The fourth-order valence-corrected chi connectivity index (χ4v) is 2.98. The van der Waals surface area contributed by atoms with E-state index >= 15 is 0 Å². The number of hydrogen-bond acceptors (Lipinski definition) is 5. The number of carbonyl (C=O) groups is 2. The molecule has 126 valence electrons. The van der Waals surface area contributed by atoms with Crippen LogP contribution in [0.4, 0.5) is 0 Å². The summed E-state index contributed by atoms with van der Waals surface area (Å²) in [6.07, 6.45) is 4.24. The molecule has 4 rings (SSSR count). The van der Waals surface area contributed by atoms with Crippen LogP contribution in [-0.2, 0) is 16.1 Å². The molecule has 2 heterocycles. The van der Waals surface area contributed by atoms with Crippen molar-refractivity contribution < 1.29 is 14.3 Å². The summed E-state index contributed by atoms with van der Waals surface area (Å²) in [6.45, 7) is 1.94. The minimum atomic E-state index is -0.394. The molecule has 7 nitrogen and oxygen atoms in total. The van der Waals surface area contributed by atoms with Crippen molar-refractivity contribution in [2.45, 2.75) is 51.1 Å². The zero-order chi connectivity index (χ0) is 16.8. The van der Waals surface area contributed by atoms with Crippen LogP contribution < -0.4 is 5.32 Å². The van der Waals surface area contributed by atoms with Gasteiger partial charge in [-0.05, 0) is 38.7 Å². The summed E-state index contributed by atoms with van der Waals surface area (Å²) in [7, 11) is 1.37. The minimum absolute atomic E-state index is 0.0693. The Hall–Kier alpha value is -2.44. The molecule has 1 N–H and O–H groups in total. The molecule has 2 saturated carbocycles. The summed E-state index contributed by atoms with van der Waals surface area (Å²) >= 11 is 0. The number of ether oxygens (including phenoxy) is 1. The highest BCUT2D eigenvalue weighted by molar-refractivity contribution is 6.04. The van der Waals surface area contributed by atoms with Gasteiger partial charge in [-0.2, -0.15) is 5.10 Å². The highest BCUT2D eigenvalue weighted by Crippen LogP contribution is 2.40. The largest absolute Gasteiger partial charge is 0.465 e. The molecule has 0 aromatic carbocycles. The highest BCUT2D eigenvalue weighted by Gasteiger charge is 2.29. The van der Waals surface area contributed by atoms with Crippen LogP contribution in [0.25, 0.3) is 11.0 Å². The second kappa shape index (κ2) is 5.58. The summed E-state index contributed by atoms with van der Waals surface area (Å²) in [6, 6.07) is 2.12. The van der Waals surface area contributed by atoms with Crippen molar-refractivity contribution in [1.82, 2.24) is 20.1 Å². The molecule has 0 spiro atoms. The Morgan fingerprint density at radius 1 is 1.33 bits per heavy atom. The third-order valence-electron chi connectivity index (χ3n) is 4.53. The summed E-state index contributed by atoms with van der Waals surface area (Å²) < 4.78 is 6.52. The number of fused-ring (bicyclic) bond motifs is 1. The third-order valence-corrected chi connectivity index (χ3v) is 4.53. The molecule has 2 aliphatic carbocycles. The Kier molecular flexibility index (Phi) is 3.51. The van der Waals surface area contributed by atoms with Gasteiger partial charge in [-0.15, -0.1) is 0 Å². The van der Waals surface area contributed by atoms with E-state index in [0.717, 1.165) is 31.4 Å². The van der Waals surface area contributed by atoms with E-state index in [1.54, 1.807) is 4.68 Å². The number of esters is 1. The summed E-state index contributed by atoms with van der Waals surface area (Å²) in [5.41, 5.74) is 2.63. The van der Waals surface area contributed by atoms with Crippen molar-refractivity contribution >= 4 is 22.9 Å². The highest BCUT2D eigenvalue weighted by atomic mass is 16.5. The molecule has 2 fully saturated rings. The zero-order valence-corrected chi connectivity index (χ0v) is 13.8. The van der Waals surface area contributed by atoms with Gasteiger partial charge in [0.1, 0.15) is 6.54 Å². The Morgan fingerprint density at radius 3 is 2.71 bits per heavy atom. The van der Waals surface area contributed by atoms with Crippen molar-refractivity contribution in [3.8, 4) is 0 Å². The van der Waals surface area contributed by atoms with Crippen LogP contribution in [0, 0.1) is 6.92 Å². The first-order valence-electron chi connectivity index (χ1n) is 8.32. The molecule has 0 radical (unpaired) electrons. The number of amides is 1. The lowest BCUT2D eigenvalue weighted by atomic mass is 10.1. The van der Waals surface area contributed by atoms with E-state index in [0.29, 0.717) is 34.3 Å². The number of aromatic nitrogens is 3. The van der Waals surface area contributed by atoms with Crippen LogP contribution in [0.1, 0.15) is 53.3 Å². The maximum Gasteiger partial charge on any atom is 0.338 e. The number of rotatable bonds is 5. The molecular formula is C17H20N4O3. The first-order chi connectivity index (χ1) is 11.6. The number of aryl methyl sites for hydroxylation is 1. The Morgan fingerprint density at radius 2 is 2.08 bits per heavy atom. The van der Waals surface area contributed by atoms with Crippen LogP contribution >= 0.6 is 0 Å². The standard InChI is InChI=1S/C17H20N4O3/c1-9-15-12(17(23)24-2)7-13(10-3-4-10)19-16(15)21(20-9)8-14(22)18-11-5-6-11/h7,10-11H,3-6,8H2,1-2H3,(H,18,22). The van der Waals surface area contributed by atoms with Crippen LogP contribution in [0.5, 0.6) is 0 Å². The quantitative estimate of drug-likeness (QED) is 0.844. The predicted octanol–water partition coefficient (Wildman–Crippen LogP) is 1.68. The van der Waals surface area contributed by atoms with Gasteiger partial charge in [0.2, 0.25) is 5.91 Å². The summed E-state index contributed by atoms with van der Waals surface area (Å²) in [5.74, 6) is -0.0729. The van der Waals surface area contributed by atoms with Gasteiger partial charge >= 0.3 is 5.97 Å². The zero-order valence-electron chi connectivity index (χ0n) is 13.8. The van der Waals surface area contributed by atoms with E-state index in [1.807, 2.05) is 13.0 Å². The second-order valence-electron chi connectivity index (χ2n) is 6.64. The molecule has 2 aliphatic rings. The van der Waals surface area contributed by atoms with Crippen molar-refractivity contribution in [1.29, 1.82) is 0 Å². The molecule has 0 saturated heterocycles. The maximum absolute atomic E-state index is 12.2. The molecule has 0 aliphatic heterocycles. The molecular weight excluding hydrogens is 308 g/mol. The number of methoxy groups -OCH3 is 1. The van der Waals surface area contributed by atoms with Gasteiger partial charge in [0.15, 0.2) is 5.65 Å². The average Bonchev–Trinajstić information content (AvgIpc) is 3.46. The Bertz CT molecular complexity index is 834. The van der Waals surface area contributed by atoms with Crippen LogP contribution in [0.15, 0.2) is 6.07 Å². The first kappa shape index (κ1) is 15.1. The maximum atomic E-state index is 12.2. The van der Waals surface area contributed by atoms with E-state index in [1.165, 1.54) is 7.11 Å². The smallest absolute Gasteiger partial charge is 0.338 e. The van der Waals surface area contributed by atoms with E-state index in [9.17, 15) is 9.59 Å². The topological polar surface area (TPSA) is 86.1 Å². The van der Waals surface area contributed by atoms with Crippen molar-refractivity contribution in [2.24, 2.45) is 0 Å². The monoisotopic (exact) mass is 328 g/mol. The first-order valence-corrected chi connectivity index (χ1v) is 8.32. The lowest BCUT2D eigenvalue weighted by Gasteiger charge is -2.07. The average molecular weight is 328 g/mol. The van der Waals surface area contributed by atoms with Gasteiger partial charge in [0.05, 0.1) is 23.8 Å². The Labute approximate surface area is 139 Å². The number of nitrogens with zero attached hydrogens (tertiary/aromatic N) is 3. The SMILES string of the molecule is COC(=O)c1cc(C2CC2)nc2c1c(C)nn2CC(=O)NC1CC1. The van der Waals surface area contributed by atoms with Gasteiger partial charge in [0.25, 0.3) is 0 Å². The van der Waals surface area contributed by atoms with Crippen LogP contribution in [0.2, 0.25) is 0 Å². The van der Waals surface area contributed by atoms with Gasteiger partial charge in [0, 0.05) is 17.7 Å². The normalized spacial score (nSPS) is 17.1. The van der Waals surface area contributed by atoms with E-state index in [4.69, 9.17) is 9.72 Å². The summed E-state index contributed by atoms with van der Waals surface area (Å²) in [5, 5.41) is 8.07. The van der Waals surface area contributed by atoms with Crippen molar-refractivity contribution in [2.75, 3.05) is 7.11 Å². The molecule has 0 bridgehead atoms. The van der Waals surface area contributed by atoms with E-state index in [-0.39, 0.29) is 12.5 Å². The fourth-order valence-electron chi connectivity index (χ4n) is 2.98. The lowest BCUT2D eigenvalue weighted by Crippen LogP contribution is -2.29. The van der Waals surface area contributed by atoms with Crippen LogP contribution in [0.3, 0.4) is 0 Å². The summed E-state index contributed by atoms with van der Waals surface area (Å²) in [4.78, 5) is 29.0.